The zero-order chi connectivity index (χ0) is 22.7. The highest BCUT2D eigenvalue weighted by molar-refractivity contribution is 7.99. The Bertz CT molecular complexity index is 1130. The topological polar surface area (TPSA) is 80.1 Å². The highest BCUT2D eigenvalue weighted by atomic mass is 32.2. The van der Waals surface area contributed by atoms with Crippen LogP contribution in [0.15, 0.2) is 53.7 Å². The van der Waals surface area contributed by atoms with Gasteiger partial charge < -0.3 is 14.8 Å². The normalized spacial score (nSPS) is 15.7. The van der Waals surface area contributed by atoms with E-state index in [1.165, 1.54) is 11.8 Å². The number of rotatable bonds is 6. The monoisotopic (exact) mass is 449 g/mol. The summed E-state index contributed by atoms with van der Waals surface area (Å²) in [6.07, 6.45) is 1.78. The lowest BCUT2D eigenvalue weighted by atomic mass is 10.1. The standard InChI is InChI=1S/C24H27N5O2S/c1-16-10-12-18(13-11-16)23(31)29-14-6-9-20(29)22-26-27-24(28(22)3)32-15-21(30)25-19-8-5-4-7-17(19)2/h4-5,7-8,10-13,20H,6,9,14-15H2,1-3H3,(H,25,30). The van der Waals surface area contributed by atoms with Crippen molar-refractivity contribution in [3.63, 3.8) is 0 Å². The number of nitrogens with one attached hydrogen (secondary N) is 1. The SMILES string of the molecule is Cc1ccc(C(=O)N2CCCC2c2nnc(SCC(=O)Nc3ccccc3C)n2C)cc1. The third-order valence-corrected chi connectivity index (χ3v) is 6.75. The number of aryl methyl sites for hydroxylation is 2. The van der Waals surface area contributed by atoms with Crippen LogP contribution in [0.1, 0.15) is 46.2 Å². The molecule has 1 atom stereocenters. The molecular weight excluding hydrogens is 422 g/mol. The van der Waals surface area contributed by atoms with Gasteiger partial charge in [-0.2, -0.15) is 0 Å². The molecule has 0 bridgehead atoms. The van der Waals surface area contributed by atoms with Crippen molar-refractivity contribution in [2.75, 3.05) is 17.6 Å². The van der Waals surface area contributed by atoms with Gasteiger partial charge in [-0.05, 0) is 50.5 Å². The highest BCUT2D eigenvalue weighted by Crippen LogP contribution is 2.33. The van der Waals surface area contributed by atoms with E-state index < -0.39 is 0 Å². The lowest BCUT2D eigenvalue weighted by Gasteiger charge is -2.24. The van der Waals surface area contributed by atoms with E-state index in [1.807, 2.05) is 78.9 Å². The Balaban J connectivity index is 1.42. The predicted molar refractivity (Wildman–Crippen MR) is 126 cm³/mol. The van der Waals surface area contributed by atoms with Gasteiger partial charge in [-0.15, -0.1) is 10.2 Å². The lowest BCUT2D eigenvalue weighted by molar-refractivity contribution is -0.113. The first-order valence-electron chi connectivity index (χ1n) is 10.7. The first-order chi connectivity index (χ1) is 15.4. The van der Waals surface area contributed by atoms with E-state index in [4.69, 9.17) is 0 Å². The van der Waals surface area contributed by atoms with Crippen LogP contribution in [-0.4, -0.2) is 43.8 Å². The van der Waals surface area contributed by atoms with Crippen LogP contribution in [0.5, 0.6) is 0 Å². The van der Waals surface area contributed by atoms with Gasteiger partial charge in [0.2, 0.25) is 5.91 Å². The van der Waals surface area contributed by atoms with Gasteiger partial charge in [0.1, 0.15) is 0 Å². The summed E-state index contributed by atoms with van der Waals surface area (Å²) in [5.41, 5.74) is 3.65. The molecule has 1 aliphatic heterocycles. The summed E-state index contributed by atoms with van der Waals surface area (Å²) in [7, 11) is 1.89. The van der Waals surface area contributed by atoms with Gasteiger partial charge in [0.05, 0.1) is 11.8 Å². The van der Waals surface area contributed by atoms with Crippen molar-refractivity contribution in [2.24, 2.45) is 7.05 Å². The van der Waals surface area contributed by atoms with Crippen molar-refractivity contribution < 1.29 is 9.59 Å². The summed E-state index contributed by atoms with van der Waals surface area (Å²) < 4.78 is 1.90. The molecule has 2 aromatic carbocycles. The zero-order valence-electron chi connectivity index (χ0n) is 18.5. The number of aromatic nitrogens is 3. The van der Waals surface area contributed by atoms with Crippen molar-refractivity contribution >= 4 is 29.3 Å². The molecule has 1 saturated heterocycles. The van der Waals surface area contributed by atoms with E-state index in [9.17, 15) is 9.59 Å². The van der Waals surface area contributed by atoms with Gasteiger partial charge in [0.25, 0.3) is 5.91 Å². The Hall–Kier alpha value is -3.13. The molecule has 4 rings (SSSR count). The minimum Gasteiger partial charge on any atom is -0.328 e. The fraction of sp³-hybridized carbons (Fsp3) is 0.333. The number of anilines is 1. The molecule has 2 heterocycles. The van der Waals surface area contributed by atoms with Crippen LogP contribution in [-0.2, 0) is 11.8 Å². The minimum absolute atomic E-state index is 0.0160. The molecule has 166 valence electrons. The number of hydrogen-bond acceptors (Lipinski definition) is 5. The van der Waals surface area contributed by atoms with Crippen LogP contribution in [0.3, 0.4) is 0 Å². The second kappa shape index (κ2) is 9.56. The number of nitrogens with zero attached hydrogens (tertiary/aromatic N) is 4. The van der Waals surface area contributed by atoms with E-state index in [0.717, 1.165) is 35.5 Å². The third-order valence-electron chi connectivity index (χ3n) is 5.73. The maximum Gasteiger partial charge on any atom is 0.254 e. The molecule has 1 fully saturated rings. The van der Waals surface area contributed by atoms with Crippen molar-refractivity contribution in [2.45, 2.75) is 37.9 Å². The first kappa shape index (κ1) is 22.1. The Morgan fingerprint density at radius 2 is 1.84 bits per heavy atom. The molecule has 1 aliphatic rings. The van der Waals surface area contributed by atoms with E-state index in [-0.39, 0.29) is 23.6 Å². The van der Waals surface area contributed by atoms with Crippen LogP contribution < -0.4 is 5.32 Å². The molecule has 1 N–H and O–H groups in total. The maximum atomic E-state index is 13.1. The van der Waals surface area contributed by atoms with Gasteiger partial charge in [0.15, 0.2) is 11.0 Å². The van der Waals surface area contributed by atoms with Gasteiger partial charge in [-0.25, -0.2) is 0 Å². The number of carbonyl (C=O) groups excluding carboxylic acids is 2. The highest BCUT2D eigenvalue weighted by Gasteiger charge is 2.34. The first-order valence-corrected chi connectivity index (χ1v) is 11.7. The van der Waals surface area contributed by atoms with Crippen LogP contribution in [0.25, 0.3) is 0 Å². The average molecular weight is 450 g/mol. The van der Waals surface area contributed by atoms with Crippen LogP contribution in [0.4, 0.5) is 5.69 Å². The Morgan fingerprint density at radius 3 is 2.59 bits per heavy atom. The van der Waals surface area contributed by atoms with Crippen LogP contribution >= 0.6 is 11.8 Å². The number of para-hydroxylation sites is 1. The Kier molecular flexibility index (Phi) is 6.60. The summed E-state index contributed by atoms with van der Waals surface area (Å²) in [6, 6.07) is 15.2. The smallest absolute Gasteiger partial charge is 0.254 e. The minimum atomic E-state index is -0.114. The molecular formula is C24H27N5O2S. The predicted octanol–water partition coefficient (Wildman–Crippen LogP) is 4.14. The fourth-order valence-electron chi connectivity index (χ4n) is 3.91. The van der Waals surface area contributed by atoms with E-state index in [0.29, 0.717) is 17.3 Å². The second-order valence-corrected chi connectivity index (χ2v) is 9.02. The fourth-order valence-corrected chi connectivity index (χ4v) is 4.63. The van der Waals surface area contributed by atoms with E-state index in [2.05, 4.69) is 15.5 Å². The van der Waals surface area contributed by atoms with E-state index >= 15 is 0 Å². The van der Waals surface area contributed by atoms with Crippen molar-refractivity contribution in [1.29, 1.82) is 0 Å². The molecule has 8 heteroatoms. The molecule has 0 radical (unpaired) electrons. The van der Waals surface area contributed by atoms with Crippen LogP contribution in [0.2, 0.25) is 0 Å². The van der Waals surface area contributed by atoms with Crippen molar-refractivity contribution in [1.82, 2.24) is 19.7 Å². The molecule has 1 unspecified atom stereocenters. The number of thioether (sulfide) groups is 1. The molecule has 3 aromatic rings. The molecule has 0 saturated carbocycles. The quantitative estimate of drug-likeness (QED) is 0.572. The number of amides is 2. The maximum absolute atomic E-state index is 13.1. The van der Waals surface area contributed by atoms with Gasteiger partial charge in [-0.1, -0.05) is 47.7 Å². The van der Waals surface area contributed by atoms with Gasteiger partial charge >= 0.3 is 0 Å². The molecule has 1 aromatic heterocycles. The van der Waals surface area contributed by atoms with Gasteiger partial charge in [-0.3, -0.25) is 9.59 Å². The largest absolute Gasteiger partial charge is 0.328 e. The van der Waals surface area contributed by atoms with Crippen molar-refractivity contribution in [3.05, 3.63) is 71.0 Å². The molecule has 32 heavy (non-hydrogen) atoms. The molecule has 7 nitrogen and oxygen atoms in total. The van der Waals surface area contributed by atoms with Crippen molar-refractivity contribution in [3.8, 4) is 0 Å². The van der Waals surface area contributed by atoms with E-state index in [1.54, 1.807) is 0 Å². The number of carbonyl (C=O) groups is 2. The number of likely N-dealkylation sites (tertiary alicyclic amines) is 1. The number of benzene rings is 2. The summed E-state index contributed by atoms with van der Waals surface area (Å²) in [5.74, 6) is 0.912. The summed E-state index contributed by atoms with van der Waals surface area (Å²) in [6.45, 7) is 4.67. The Labute approximate surface area is 192 Å². The summed E-state index contributed by atoms with van der Waals surface area (Å²) in [4.78, 5) is 27.4. The van der Waals surface area contributed by atoms with Gasteiger partial charge in [0, 0.05) is 24.8 Å². The molecule has 0 spiro atoms. The Morgan fingerprint density at radius 1 is 1.09 bits per heavy atom. The second-order valence-electron chi connectivity index (χ2n) is 8.07. The summed E-state index contributed by atoms with van der Waals surface area (Å²) >= 11 is 1.34. The lowest BCUT2D eigenvalue weighted by Crippen LogP contribution is -2.31. The average Bonchev–Trinajstić information content (AvgIpc) is 3.40. The molecule has 0 aliphatic carbocycles. The number of hydrogen-bond donors (Lipinski definition) is 1. The molecule has 2 amide bonds. The zero-order valence-corrected chi connectivity index (χ0v) is 19.4. The summed E-state index contributed by atoms with van der Waals surface area (Å²) in [5, 5.41) is 12.3. The van der Waals surface area contributed by atoms with Crippen LogP contribution in [0, 0.1) is 13.8 Å². The third kappa shape index (κ3) is 4.70.